The van der Waals surface area contributed by atoms with Crippen LogP contribution in [0.2, 0.25) is 0 Å². The zero-order valence-electron chi connectivity index (χ0n) is 14.4. The largest absolute Gasteiger partial charge is 0.459 e. The Balaban J connectivity index is 1.50. The first-order chi connectivity index (χ1) is 12.0. The molecule has 2 fully saturated rings. The average molecular weight is 358 g/mol. The summed E-state index contributed by atoms with van der Waals surface area (Å²) in [6, 6.07) is 8.60. The van der Waals surface area contributed by atoms with Gasteiger partial charge in [-0.15, -0.1) is 11.3 Å². The van der Waals surface area contributed by atoms with Crippen molar-refractivity contribution in [2.45, 2.75) is 57.3 Å². The normalized spacial score (nSPS) is 24.8. The number of fused-ring (bicyclic) bond motifs is 3. The first kappa shape index (κ1) is 16.5. The van der Waals surface area contributed by atoms with Crippen LogP contribution in [0.15, 0.2) is 24.3 Å². The molecule has 2 aliphatic rings. The summed E-state index contributed by atoms with van der Waals surface area (Å²) in [5.41, 5.74) is 0.640. The second-order valence-corrected chi connectivity index (χ2v) is 8.26. The molecule has 0 aliphatic carbocycles. The molecule has 2 saturated heterocycles. The van der Waals surface area contributed by atoms with Gasteiger partial charge >= 0.3 is 5.97 Å². The van der Waals surface area contributed by atoms with Crippen molar-refractivity contribution in [2.75, 3.05) is 0 Å². The Hall–Kier alpha value is -1.92. The molecule has 0 spiro atoms. The van der Waals surface area contributed by atoms with Gasteiger partial charge in [0.05, 0.1) is 6.10 Å². The van der Waals surface area contributed by atoms with Crippen LogP contribution in [0.25, 0.3) is 10.1 Å². The van der Waals surface area contributed by atoms with Crippen LogP contribution in [-0.2, 0) is 4.74 Å². The highest BCUT2D eigenvalue weighted by Crippen LogP contribution is 2.30. The molecule has 1 aromatic carbocycles. The first-order valence-electron chi connectivity index (χ1n) is 8.81. The van der Waals surface area contributed by atoms with Gasteiger partial charge in [-0.25, -0.2) is 4.79 Å². The fraction of sp³-hybridized carbons (Fsp3) is 0.474. The van der Waals surface area contributed by atoms with Gasteiger partial charge in [-0.1, -0.05) is 6.07 Å². The Kier molecular flexibility index (Phi) is 4.25. The standard InChI is InChI=1S/C19H22N2O3S/c1-10(2)24-19(23)17-7-11-3-4-12(8-16(11)25-17)18(22)21-15-9-13-5-6-14(15)20-13/h3-4,7-8,10,13-15,20H,5-6,9H2,1-2H3,(H,21,22)/t13-,14+,15-/m1/s1. The Labute approximate surface area is 150 Å². The van der Waals surface area contributed by atoms with E-state index in [4.69, 9.17) is 4.74 Å². The number of nitrogens with one attached hydrogen (secondary N) is 2. The summed E-state index contributed by atoms with van der Waals surface area (Å²) in [6.45, 7) is 3.66. The molecule has 2 N–H and O–H groups in total. The highest BCUT2D eigenvalue weighted by Gasteiger charge is 2.39. The van der Waals surface area contributed by atoms with Crippen molar-refractivity contribution in [3.63, 3.8) is 0 Å². The molecule has 3 heterocycles. The predicted octanol–water partition coefficient (Wildman–Crippen LogP) is 3.09. The molecule has 5 nitrogen and oxygen atoms in total. The van der Waals surface area contributed by atoms with Gasteiger partial charge in [0, 0.05) is 28.4 Å². The second kappa shape index (κ2) is 6.42. The van der Waals surface area contributed by atoms with Gasteiger partial charge in [-0.05, 0) is 56.7 Å². The van der Waals surface area contributed by atoms with Gasteiger partial charge in [0.2, 0.25) is 0 Å². The van der Waals surface area contributed by atoms with E-state index in [1.54, 1.807) is 0 Å². The Morgan fingerprint density at radius 3 is 2.80 bits per heavy atom. The molecule has 4 rings (SSSR count). The molecule has 1 amide bonds. The lowest BCUT2D eigenvalue weighted by Crippen LogP contribution is -2.42. The minimum atomic E-state index is -0.310. The molecule has 2 aliphatic heterocycles. The van der Waals surface area contributed by atoms with Crippen LogP contribution >= 0.6 is 11.3 Å². The smallest absolute Gasteiger partial charge is 0.348 e. The third-order valence-electron chi connectivity index (χ3n) is 4.94. The van der Waals surface area contributed by atoms with E-state index in [0.29, 0.717) is 22.5 Å². The molecular formula is C19H22N2O3S. The number of rotatable bonds is 4. The lowest BCUT2D eigenvalue weighted by Gasteiger charge is -2.21. The summed E-state index contributed by atoms with van der Waals surface area (Å²) in [5, 5.41) is 7.65. The van der Waals surface area contributed by atoms with Crippen molar-refractivity contribution >= 4 is 33.3 Å². The lowest BCUT2D eigenvalue weighted by atomic mass is 9.95. The van der Waals surface area contributed by atoms with Crippen LogP contribution in [0.3, 0.4) is 0 Å². The lowest BCUT2D eigenvalue weighted by molar-refractivity contribution is 0.0384. The highest BCUT2D eigenvalue weighted by atomic mass is 32.1. The SMILES string of the molecule is CC(C)OC(=O)c1cc2ccc(C(=O)N[C@@H]3C[C@H]4CC[C@@H]3N4)cc2s1. The van der Waals surface area contributed by atoms with E-state index in [1.807, 2.05) is 38.1 Å². The fourth-order valence-corrected chi connectivity index (χ4v) is 4.77. The zero-order chi connectivity index (χ0) is 17.6. The Bertz CT molecular complexity index is 829. The third kappa shape index (κ3) is 3.28. The Morgan fingerprint density at radius 1 is 1.28 bits per heavy atom. The molecule has 0 unspecified atom stereocenters. The van der Waals surface area contributed by atoms with Crippen LogP contribution < -0.4 is 10.6 Å². The Morgan fingerprint density at radius 2 is 2.12 bits per heavy atom. The molecule has 3 atom stereocenters. The molecule has 1 aromatic heterocycles. The van der Waals surface area contributed by atoms with Crippen LogP contribution in [0.4, 0.5) is 0 Å². The molecule has 2 bridgehead atoms. The van der Waals surface area contributed by atoms with Crippen molar-refractivity contribution in [1.29, 1.82) is 0 Å². The summed E-state index contributed by atoms with van der Waals surface area (Å²) in [5.74, 6) is -0.351. The number of esters is 1. The first-order valence-corrected chi connectivity index (χ1v) is 9.63. The van der Waals surface area contributed by atoms with E-state index in [-0.39, 0.29) is 24.0 Å². The summed E-state index contributed by atoms with van der Waals surface area (Å²) in [7, 11) is 0. The van der Waals surface area contributed by atoms with Crippen molar-refractivity contribution < 1.29 is 14.3 Å². The maximum absolute atomic E-state index is 12.6. The molecule has 132 valence electrons. The quantitative estimate of drug-likeness (QED) is 0.824. The van der Waals surface area contributed by atoms with Crippen molar-refractivity contribution in [2.24, 2.45) is 0 Å². The maximum Gasteiger partial charge on any atom is 0.348 e. The van der Waals surface area contributed by atoms with Gasteiger partial charge in [0.15, 0.2) is 0 Å². The van der Waals surface area contributed by atoms with Crippen LogP contribution in [0.5, 0.6) is 0 Å². The van der Waals surface area contributed by atoms with E-state index < -0.39 is 0 Å². The molecule has 0 saturated carbocycles. The maximum atomic E-state index is 12.6. The zero-order valence-corrected chi connectivity index (χ0v) is 15.2. The van der Waals surface area contributed by atoms with E-state index in [9.17, 15) is 9.59 Å². The van der Waals surface area contributed by atoms with Crippen molar-refractivity contribution in [3.8, 4) is 0 Å². The fourth-order valence-electron chi connectivity index (χ4n) is 3.78. The van der Waals surface area contributed by atoms with Gasteiger partial charge in [0.25, 0.3) is 5.91 Å². The van der Waals surface area contributed by atoms with E-state index >= 15 is 0 Å². The monoisotopic (exact) mass is 358 g/mol. The van der Waals surface area contributed by atoms with E-state index in [0.717, 1.165) is 22.9 Å². The number of hydrogen-bond donors (Lipinski definition) is 2. The minimum Gasteiger partial charge on any atom is -0.459 e. The van der Waals surface area contributed by atoms with Crippen LogP contribution in [0, 0.1) is 0 Å². The molecule has 2 aromatic rings. The summed E-state index contributed by atoms with van der Waals surface area (Å²) < 4.78 is 6.17. The number of ether oxygens (including phenoxy) is 1. The molecule has 0 radical (unpaired) electrons. The summed E-state index contributed by atoms with van der Waals surface area (Å²) >= 11 is 1.37. The second-order valence-electron chi connectivity index (χ2n) is 7.18. The number of benzene rings is 1. The van der Waals surface area contributed by atoms with Crippen LogP contribution in [0.1, 0.15) is 53.1 Å². The number of carbonyl (C=O) groups excluding carboxylic acids is 2. The topological polar surface area (TPSA) is 67.4 Å². The highest BCUT2D eigenvalue weighted by molar-refractivity contribution is 7.20. The van der Waals surface area contributed by atoms with Gasteiger partial charge in [0.1, 0.15) is 4.88 Å². The molecule has 6 heteroatoms. The number of thiophene rings is 1. The molecule has 25 heavy (non-hydrogen) atoms. The van der Waals surface area contributed by atoms with Gasteiger partial charge in [-0.3, -0.25) is 4.79 Å². The predicted molar refractivity (Wildman–Crippen MR) is 98.2 cm³/mol. The van der Waals surface area contributed by atoms with Crippen LogP contribution in [-0.4, -0.2) is 36.1 Å². The summed E-state index contributed by atoms with van der Waals surface area (Å²) in [6.07, 6.45) is 3.23. The minimum absolute atomic E-state index is 0.0408. The third-order valence-corrected chi connectivity index (χ3v) is 6.02. The number of hydrogen-bond acceptors (Lipinski definition) is 5. The molecular weight excluding hydrogens is 336 g/mol. The van der Waals surface area contributed by atoms with Crippen molar-refractivity contribution in [1.82, 2.24) is 10.6 Å². The van der Waals surface area contributed by atoms with Crippen molar-refractivity contribution in [3.05, 3.63) is 34.7 Å². The van der Waals surface area contributed by atoms with Gasteiger partial charge in [-0.2, -0.15) is 0 Å². The number of carbonyl (C=O) groups is 2. The number of amides is 1. The average Bonchev–Trinajstić information content (AvgIpc) is 3.28. The van der Waals surface area contributed by atoms with Gasteiger partial charge < -0.3 is 15.4 Å². The summed E-state index contributed by atoms with van der Waals surface area (Å²) in [4.78, 5) is 25.2. The van der Waals surface area contributed by atoms with E-state index in [2.05, 4.69) is 10.6 Å². The van der Waals surface area contributed by atoms with E-state index in [1.165, 1.54) is 17.8 Å².